The Labute approximate surface area is 166 Å². The fraction of sp³-hybridized carbons (Fsp3) is 0.571. The van der Waals surface area contributed by atoms with E-state index in [2.05, 4.69) is 23.2 Å². The Balaban J connectivity index is 1.41. The molecule has 2 unspecified atom stereocenters. The number of nitriles is 2. The zero-order valence-corrected chi connectivity index (χ0v) is 16.4. The molecule has 7 heteroatoms. The second kappa shape index (κ2) is 9.43. The van der Waals surface area contributed by atoms with Gasteiger partial charge in [0.25, 0.3) is 0 Å². The average Bonchev–Trinajstić information content (AvgIpc) is 3.27. The van der Waals surface area contributed by atoms with Crippen molar-refractivity contribution in [3.63, 3.8) is 0 Å². The number of nitrogens with zero attached hydrogens (tertiary/aromatic N) is 4. The van der Waals surface area contributed by atoms with Crippen molar-refractivity contribution in [2.24, 2.45) is 11.8 Å². The van der Waals surface area contributed by atoms with E-state index in [1.54, 1.807) is 18.2 Å². The van der Waals surface area contributed by atoms with Crippen LogP contribution in [0.1, 0.15) is 30.9 Å². The second-order valence-corrected chi connectivity index (χ2v) is 7.55. The number of amides is 2. The van der Waals surface area contributed by atoms with Crippen LogP contribution in [0, 0.1) is 34.5 Å². The quantitative estimate of drug-likeness (QED) is 0.731. The zero-order valence-electron chi connectivity index (χ0n) is 16.4. The highest BCUT2D eigenvalue weighted by atomic mass is 16.5. The molecule has 3 rings (SSSR count). The van der Waals surface area contributed by atoms with E-state index in [1.807, 2.05) is 11.0 Å². The van der Waals surface area contributed by atoms with Gasteiger partial charge in [0, 0.05) is 39.3 Å². The number of benzene rings is 1. The summed E-state index contributed by atoms with van der Waals surface area (Å²) in [6, 6.07) is 9.08. The van der Waals surface area contributed by atoms with Crippen LogP contribution in [0.4, 0.5) is 4.79 Å². The van der Waals surface area contributed by atoms with E-state index in [1.165, 1.54) is 0 Å². The summed E-state index contributed by atoms with van der Waals surface area (Å²) in [5, 5.41) is 21.1. The molecule has 0 spiro atoms. The van der Waals surface area contributed by atoms with Crippen LogP contribution in [0.5, 0.6) is 5.75 Å². The van der Waals surface area contributed by atoms with Gasteiger partial charge < -0.3 is 15.0 Å². The maximum Gasteiger partial charge on any atom is 0.317 e. The Bertz CT molecular complexity index is 768. The Morgan fingerprint density at radius 2 is 1.96 bits per heavy atom. The Kier molecular flexibility index (Phi) is 6.73. The van der Waals surface area contributed by atoms with Crippen LogP contribution in [0.15, 0.2) is 18.2 Å². The molecular formula is C21H27N5O2. The van der Waals surface area contributed by atoms with Gasteiger partial charge in [0.2, 0.25) is 0 Å². The molecule has 0 radical (unpaired) electrons. The normalized spacial score (nSPS) is 21.0. The van der Waals surface area contributed by atoms with E-state index < -0.39 is 0 Å². The summed E-state index contributed by atoms with van der Waals surface area (Å²) in [7, 11) is 0. The van der Waals surface area contributed by atoms with Crippen LogP contribution < -0.4 is 10.1 Å². The van der Waals surface area contributed by atoms with Crippen molar-refractivity contribution in [3.05, 3.63) is 29.3 Å². The molecule has 2 fully saturated rings. The van der Waals surface area contributed by atoms with Crippen LogP contribution in [-0.4, -0.2) is 61.7 Å². The predicted octanol–water partition coefficient (Wildman–Crippen LogP) is 2.18. The maximum atomic E-state index is 12.2. The minimum atomic E-state index is 0.0718. The third-order valence-corrected chi connectivity index (χ3v) is 5.55. The average molecular weight is 381 g/mol. The van der Waals surface area contributed by atoms with E-state index in [0.717, 1.165) is 52.1 Å². The number of likely N-dealkylation sites (tertiary alicyclic amines) is 2. The molecule has 1 N–H and O–H groups in total. The molecule has 2 amide bonds. The summed E-state index contributed by atoms with van der Waals surface area (Å²) in [6.45, 7) is 7.78. The highest BCUT2D eigenvalue weighted by Gasteiger charge is 2.41. The first-order valence-corrected chi connectivity index (χ1v) is 9.96. The van der Waals surface area contributed by atoms with E-state index in [9.17, 15) is 10.1 Å². The summed E-state index contributed by atoms with van der Waals surface area (Å²) < 4.78 is 5.78. The van der Waals surface area contributed by atoms with Gasteiger partial charge in [0.15, 0.2) is 0 Å². The fourth-order valence-electron chi connectivity index (χ4n) is 4.02. The van der Waals surface area contributed by atoms with Crippen molar-refractivity contribution in [1.82, 2.24) is 15.1 Å². The Morgan fingerprint density at radius 1 is 1.21 bits per heavy atom. The topological polar surface area (TPSA) is 92.4 Å². The van der Waals surface area contributed by atoms with Gasteiger partial charge in [-0.05, 0) is 36.5 Å². The lowest BCUT2D eigenvalue weighted by Crippen LogP contribution is -2.41. The summed E-state index contributed by atoms with van der Waals surface area (Å²) in [5.41, 5.74) is 0.849. The SMILES string of the molecule is CCCCNC(=O)N1CC2CN(CCOc3ccc(C#N)cc3C#N)CC2C1. The first-order valence-electron chi connectivity index (χ1n) is 9.96. The molecule has 7 nitrogen and oxygen atoms in total. The smallest absolute Gasteiger partial charge is 0.317 e. The number of fused-ring (bicyclic) bond motifs is 1. The number of hydrogen-bond acceptors (Lipinski definition) is 5. The molecule has 1 aromatic rings. The first kappa shape index (κ1) is 20.0. The van der Waals surface area contributed by atoms with Crippen LogP contribution in [0.25, 0.3) is 0 Å². The van der Waals surface area contributed by atoms with Gasteiger partial charge in [-0.2, -0.15) is 10.5 Å². The van der Waals surface area contributed by atoms with Gasteiger partial charge in [-0.3, -0.25) is 4.90 Å². The van der Waals surface area contributed by atoms with E-state index >= 15 is 0 Å². The molecule has 2 heterocycles. The van der Waals surface area contributed by atoms with Gasteiger partial charge in [-0.25, -0.2) is 4.79 Å². The summed E-state index contributed by atoms with van der Waals surface area (Å²) >= 11 is 0. The van der Waals surface area contributed by atoms with Crippen molar-refractivity contribution in [1.29, 1.82) is 10.5 Å². The number of urea groups is 1. The number of hydrogen-bond donors (Lipinski definition) is 1. The van der Waals surface area contributed by atoms with E-state index in [0.29, 0.717) is 35.3 Å². The van der Waals surface area contributed by atoms with Gasteiger partial charge >= 0.3 is 6.03 Å². The van der Waals surface area contributed by atoms with Crippen molar-refractivity contribution in [2.75, 3.05) is 45.9 Å². The van der Waals surface area contributed by atoms with Crippen molar-refractivity contribution < 1.29 is 9.53 Å². The molecule has 0 aliphatic carbocycles. The minimum Gasteiger partial charge on any atom is -0.491 e. The lowest BCUT2D eigenvalue weighted by molar-refractivity contribution is 0.193. The molecule has 1 aromatic carbocycles. The number of carbonyl (C=O) groups is 1. The molecular weight excluding hydrogens is 354 g/mol. The second-order valence-electron chi connectivity index (χ2n) is 7.55. The highest BCUT2D eigenvalue weighted by Crippen LogP contribution is 2.31. The van der Waals surface area contributed by atoms with Crippen LogP contribution in [0.2, 0.25) is 0 Å². The predicted molar refractivity (Wildman–Crippen MR) is 105 cm³/mol. The lowest BCUT2D eigenvalue weighted by Gasteiger charge is -2.22. The third kappa shape index (κ3) is 4.74. The molecule has 0 bridgehead atoms. The van der Waals surface area contributed by atoms with Gasteiger partial charge in [-0.1, -0.05) is 13.3 Å². The standard InChI is InChI=1S/C21H27N5O2/c1-2-3-6-24-21(27)26-14-18-12-25(13-19(18)15-26)7-8-28-20-5-4-16(10-22)9-17(20)11-23/h4-5,9,18-19H,2-3,6-8,12-15H2,1H3,(H,24,27). The Hall–Kier alpha value is -2.77. The van der Waals surface area contributed by atoms with Gasteiger partial charge in [0.05, 0.1) is 17.2 Å². The van der Waals surface area contributed by atoms with Crippen LogP contribution in [0.3, 0.4) is 0 Å². The number of carbonyl (C=O) groups excluding carboxylic acids is 1. The number of unbranched alkanes of at least 4 members (excludes halogenated alkanes) is 1. The van der Waals surface area contributed by atoms with Crippen molar-refractivity contribution in [3.8, 4) is 17.9 Å². The summed E-state index contributed by atoms with van der Waals surface area (Å²) in [5.74, 6) is 1.58. The zero-order chi connectivity index (χ0) is 19.9. The molecule has 2 atom stereocenters. The van der Waals surface area contributed by atoms with Gasteiger partial charge in [-0.15, -0.1) is 0 Å². The van der Waals surface area contributed by atoms with Gasteiger partial charge in [0.1, 0.15) is 18.4 Å². The maximum absolute atomic E-state index is 12.2. The molecule has 2 aliphatic rings. The fourth-order valence-corrected chi connectivity index (χ4v) is 4.02. The lowest BCUT2D eigenvalue weighted by atomic mass is 10.0. The molecule has 0 aromatic heterocycles. The molecule has 148 valence electrons. The number of ether oxygens (including phenoxy) is 1. The highest BCUT2D eigenvalue weighted by molar-refractivity contribution is 5.74. The van der Waals surface area contributed by atoms with Crippen molar-refractivity contribution in [2.45, 2.75) is 19.8 Å². The number of nitrogens with one attached hydrogen (secondary N) is 1. The largest absolute Gasteiger partial charge is 0.491 e. The van der Waals surface area contributed by atoms with Crippen LogP contribution >= 0.6 is 0 Å². The molecule has 2 aliphatic heterocycles. The van der Waals surface area contributed by atoms with Crippen LogP contribution in [-0.2, 0) is 0 Å². The number of rotatable bonds is 7. The monoisotopic (exact) mass is 381 g/mol. The minimum absolute atomic E-state index is 0.0718. The Morgan fingerprint density at radius 3 is 2.61 bits per heavy atom. The molecule has 0 saturated carbocycles. The molecule has 2 saturated heterocycles. The summed E-state index contributed by atoms with van der Waals surface area (Å²) in [6.07, 6.45) is 2.11. The first-order chi connectivity index (χ1) is 13.6. The van der Waals surface area contributed by atoms with Crippen molar-refractivity contribution >= 4 is 6.03 Å². The third-order valence-electron chi connectivity index (χ3n) is 5.55. The summed E-state index contributed by atoms with van der Waals surface area (Å²) in [4.78, 5) is 16.5. The van der Waals surface area contributed by atoms with E-state index in [-0.39, 0.29) is 6.03 Å². The van der Waals surface area contributed by atoms with E-state index in [4.69, 9.17) is 10.00 Å². The molecule has 28 heavy (non-hydrogen) atoms.